The molecule has 0 bridgehead atoms. The molecule has 2 aromatic heterocycles. The summed E-state index contributed by atoms with van der Waals surface area (Å²) >= 11 is 3.22. The van der Waals surface area contributed by atoms with Crippen LogP contribution in [0, 0.1) is 0 Å². The molecule has 2 atom stereocenters. The average molecular weight is 747 g/mol. The number of aromatic nitrogens is 5. The van der Waals surface area contributed by atoms with E-state index in [9.17, 15) is 29.1 Å². The lowest BCUT2D eigenvalue weighted by molar-refractivity contribution is -0.115. The van der Waals surface area contributed by atoms with Crippen LogP contribution in [0.5, 0.6) is 23.0 Å². The number of hydrogen-bond acceptors (Lipinski definition) is 10. The number of carbonyl (C=O) groups excluding carboxylic acids is 2. The van der Waals surface area contributed by atoms with Crippen LogP contribution in [-0.2, 0) is 36.1 Å². The van der Waals surface area contributed by atoms with Crippen molar-refractivity contribution in [3.8, 4) is 23.0 Å². The third-order valence-electron chi connectivity index (χ3n) is 9.52. The van der Waals surface area contributed by atoms with Crippen molar-refractivity contribution >= 4 is 38.5 Å². The van der Waals surface area contributed by atoms with Crippen LogP contribution in [0.15, 0.2) is 78.1 Å². The van der Waals surface area contributed by atoms with Crippen LogP contribution in [0.25, 0.3) is 11.0 Å². The van der Waals surface area contributed by atoms with Gasteiger partial charge in [0.05, 0.1) is 48.9 Å². The van der Waals surface area contributed by atoms with Gasteiger partial charge in [0.25, 0.3) is 5.56 Å². The molecule has 0 radical (unpaired) electrons. The lowest BCUT2D eigenvalue weighted by atomic mass is 9.69. The van der Waals surface area contributed by atoms with Gasteiger partial charge in [0.1, 0.15) is 5.69 Å². The fourth-order valence-electron chi connectivity index (χ4n) is 7.17. The van der Waals surface area contributed by atoms with Crippen LogP contribution in [-0.4, -0.2) is 61.0 Å². The fourth-order valence-corrected chi connectivity index (χ4v) is 7.62. The molecule has 7 rings (SSSR count). The Labute approximate surface area is 292 Å². The van der Waals surface area contributed by atoms with Crippen molar-refractivity contribution < 1.29 is 28.9 Å². The number of aromatic hydroxyl groups is 1. The molecule has 0 spiro atoms. The van der Waals surface area contributed by atoms with E-state index in [1.807, 2.05) is 6.08 Å². The molecule has 1 N–H and O–H groups in total. The number of ether oxygens (including phenoxy) is 3. The standard InChI is InChI=1S/C35H32BrN5O9/c1-5-50-27-12-17(6-7-25(27)42)30-18-8-11-40-34(46)39(35(47)41(40)23(18)13-19-31(30)26(43)14-20(36)32(19)44)10-9-21-33(45)38(2)24-16-29(49-4)28(48-3)15-22(24)37-21/h6-8,12,14-16,23,30,42H,5,9-11,13H2,1-4H3. The van der Waals surface area contributed by atoms with Gasteiger partial charge in [0, 0.05) is 61.7 Å². The van der Waals surface area contributed by atoms with Gasteiger partial charge >= 0.3 is 11.4 Å². The summed E-state index contributed by atoms with van der Waals surface area (Å²) in [6.07, 6.45) is 3.05. The van der Waals surface area contributed by atoms with Crippen molar-refractivity contribution in [2.45, 2.75) is 44.8 Å². The quantitative estimate of drug-likeness (QED) is 0.209. The molecule has 2 aromatic carbocycles. The van der Waals surface area contributed by atoms with Crippen LogP contribution >= 0.6 is 15.9 Å². The molecular weight excluding hydrogens is 714 g/mol. The number of halogens is 1. The van der Waals surface area contributed by atoms with Crippen molar-refractivity contribution in [2.75, 3.05) is 20.8 Å². The first kappa shape index (κ1) is 33.1. The molecule has 50 heavy (non-hydrogen) atoms. The first-order valence-electron chi connectivity index (χ1n) is 15.9. The molecule has 14 nitrogen and oxygen atoms in total. The maximum Gasteiger partial charge on any atom is 0.347 e. The van der Waals surface area contributed by atoms with E-state index in [4.69, 9.17) is 14.2 Å². The number of benzene rings is 2. The highest BCUT2D eigenvalue weighted by atomic mass is 79.9. The van der Waals surface area contributed by atoms with E-state index in [1.54, 1.807) is 38.2 Å². The number of carbonyl (C=O) groups is 2. The summed E-state index contributed by atoms with van der Waals surface area (Å²) in [5.41, 5.74) is 1.31. The number of nitrogens with zero attached hydrogens (tertiary/aromatic N) is 5. The van der Waals surface area contributed by atoms with Crippen LogP contribution in [0.3, 0.4) is 0 Å². The summed E-state index contributed by atoms with van der Waals surface area (Å²) in [4.78, 5) is 72.8. The Kier molecular flexibility index (Phi) is 8.25. The number of methoxy groups -OCH3 is 2. The fraction of sp³-hybridized carbons (Fsp3) is 0.314. The van der Waals surface area contributed by atoms with Gasteiger partial charge in [-0.25, -0.2) is 28.5 Å². The molecule has 15 heteroatoms. The summed E-state index contributed by atoms with van der Waals surface area (Å²) in [6.45, 7) is 1.96. The van der Waals surface area contributed by atoms with Gasteiger partial charge in [-0.3, -0.25) is 14.4 Å². The number of hydrogen-bond donors (Lipinski definition) is 1. The Morgan fingerprint density at radius 1 is 1.00 bits per heavy atom. The summed E-state index contributed by atoms with van der Waals surface area (Å²) in [5, 5.41) is 10.4. The van der Waals surface area contributed by atoms with E-state index >= 15 is 0 Å². The zero-order valence-corrected chi connectivity index (χ0v) is 29.1. The lowest BCUT2D eigenvalue weighted by Gasteiger charge is -2.39. The van der Waals surface area contributed by atoms with Gasteiger partial charge < -0.3 is 23.9 Å². The summed E-state index contributed by atoms with van der Waals surface area (Å²) in [6, 6.07) is 7.28. The van der Waals surface area contributed by atoms with E-state index in [0.717, 1.165) is 4.57 Å². The molecule has 0 amide bonds. The van der Waals surface area contributed by atoms with Crippen molar-refractivity contribution in [2.24, 2.45) is 7.05 Å². The number of ketones is 2. The van der Waals surface area contributed by atoms with Gasteiger partial charge in [-0.15, -0.1) is 0 Å². The SMILES string of the molecule is CCOc1cc(C2C3=CCn4c(=O)n(CCc5nc6cc(OC)c(OC)cc6n(C)c5=O)c(=O)n4C3CC3=C2C(=O)C=C(Br)C3=O)ccc1O. The Morgan fingerprint density at radius 2 is 1.74 bits per heavy atom. The summed E-state index contributed by atoms with van der Waals surface area (Å²) in [7, 11) is 4.59. The Hall–Kier alpha value is -5.44. The van der Waals surface area contributed by atoms with Crippen molar-refractivity contribution in [3.63, 3.8) is 0 Å². The second-order valence-corrected chi connectivity index (χ2v) is 13.0. The Morgan fingerprint density at radius 3 is 2.46 bits per heavy atom. The molecule has 2 aliphatic carbocycles. The predicted octanol–water partition coefficient (Wildman–Crippen LogP) is 2.82. The van der Waals surface area contributed by atoms with E-state index in [-0.39, 0.29) is 82.5 Å². The zero-order chi connectivity index (χ0) is 35.6. The minimum atomic E-state index is -0.775. The van der Waals surface area contributed by atoms with Crippen LogP contribution in [0.2, 0.25) is 0 Å². The molecule has 258 valence electrons. The minimum Gasteiger partial charge on any atom is -0.504 e. The monoisotopic (exact) mass is 745 g/mol. The average Bonchev–Trinajstić information content (AvgIpc) is 3.36. The number of allylic oxidation sites excluding steroid dienone is 6. The Balaban J connectivity index is 1.30. The summed E-state index contributed by atoms with van der Waals surface area (Å²) in [5.74, 6) is -0.490. The topological polar surface area (TPSA) is 166 Å². The molecule has 0 fully saturated rings. The largest absolute Gasteiger partial charge is 0.504 e. The van der Waals surface area contributed by atoms with Crippen molar-refractivity contribution in [1.29, 1.82) is 0 Å². The maximum atomic E-state index is 14.1. The van der Waals surface area contributed by atoms with Gasteiger partial charge in [-0.1, -0.05) is 12.1 Å². The maximum absolute atomic E-state index is 14.1. The number of Topliss-reactive ketones (excluding diaryl/α,β-unsaturated/α-hetero) is 1. The van der Waals surface area contributed by atoms with E-state index < -0.39 is 23.3 Å². The molecule has 2 unspecified atom stereocenters. The van der Waals surface area contributed by atoms with Crippen molar-refractivity contribution in [3.05, 3.63) is 106 Å². The second-order valence-electron chi connectivity index (χ2n) is 12.1. The highest BCUT2D eigenvalue weighted by Crippen LogP contribution is 2.50. The Bertz CT molecular complexity index is 2430. The molecule has 4 aromatic rings. The third-order valence-corrected chi connectivity index (χ3v) is 10.1. The highest BCUT2D eigenvalue weighted by Gasteiger charge is 2.45. The van der Waals surface area contributed by atoms with Crippen LogP contribution in [0.4, 0.5) is 0 Å². The smallest absolute Gasteiger partial charge is 0.347 e. The summed E-state index contributed by atoms with van der Waals surface area (Å²) < 4.78 is 21.6. The molecule has 0 saturated heterocycles. The second kappa shape index (κ2) is 12.5. The molecule has 3 heterocycles. The molecule has 3 aliphatic rings. The van der Waals surface area contributed by atoms with E-state index in [1.165, 1.54) is 40.3 Å². The number of phenols is 1. The van der Waals surface area contributed by atoms with Gasteiger partial charge in [0.15, 0.2) is 34.6 Å². The zero-order valence-electron chi connectivity index (χ0n) is 27.6. The predicted molar refractivity (Wildman–Crippen MR) is 185 cm³/mol. The third kappa shape index (κ3) is 5.06. The number of phenolic OH excluding ortho intramolecular Hbond substituents is 1. The minimum absolute atomic E-state index is 0.00299. The molecule has 1 aliphatic heterocycles. The normalized spacial score (nSPS) is 18.3. The highest BCUT2D eigenvalue weighted by molar-refractivity contribution is 9.12. The van der Waals surface area contributed by atoms with Crippen molar-refractivity contribution in [1.82, 2.24) is 23.5 Å². The van der Waals surface area contributed by atoms with E-state index in [2.05, 4.69) is 20.9 Å². The molecule has 0 saturated carbocycles. The first-order chi connectivity index (χ1) is 24.0. The van der Waals surface area contributed by atoms with Crippen LogP contribution < -0.4 is 31.1 Å². The molecular formula is C35H32BrN5O9. The van der Waals surface area contributed by atoms with Gasteiger partial charge in [-0.05, 0) is 46.1 Å². The number of fused-ring (bicyclic) bond motifs is 4. The van der Waals surface area contributed by atoms with Crippen LogP contribution in [0.1, 0.15) is 36.6 Å². The van der Waals surface area contributed by atoms with Gasteiger partial charge in [-0.2, -0.15) is 0 Å². The lowest BCUT2D eigenvalue weighted by Crippen LogP contribution is -2.40. The number of aryl methyl sites for hydroxylation is 2. The van der Waals surface area contributed by atoms with Gasteiger partial charge in [0.2, 0.25) is 0 Å². The van der Waals surface area contributed by atoms with E-state index in [0.29, 0.717) is 33.7 Å². The first-order valence-corrected chi connectivity index (χ1v) is 16.7. The number of rotatable bonds is 8.